The van der Waals surface area contributed by atoms with Gasteiger partial charge in [0.05, 0.1) is 30.9 Å². The average Bonchev–Trinajstić information content (AvgIpc) is 2.91. The summed E-state index contributed by atoms with van der Waals surface area (Å²) in [5.41, 5.74) is 3.18. The minimum Gasteiger partial charge on any atom is -0.495 e. The first kappa shape index (κ1) is 27.9. The van der Waals surface area contributed by atoms with Crippen LogP contribution in [0.15, 0.2) is 71.6 Å². The number of amides is 1. The number of hydrogen-bond acceptors (Lipinski definition) is 6. The largest absolute Gasteiger partial charge is 0.495 e. The summed E-state index contributed by atoms with van der Waals surface area (Å²) in [7, 11) is -2.67. The zero-order valence-corrected chi connectivity index (χ0v) is 23.1. The number of aryl methyl sites for hydroxylation is 1. The van der Waals surface area contributed by atoms with Gasteiger partial charge in [-0.2, -0.15) is 0 Å². The molecule has 1 N–H and O–H groups in total. The third-order valence-electron chi connectivity index (χ3n) is 6.30. The monoisotopic (exact) mass is 557 g/mol. The minimum atomic E-state index is -4.10. The molecule has 202 valence electrons. The van der Waals surface area contributed by atoms with Crippen molar-refractivity contribution in [3.8, 4) is 5.75 Å². The number of morpholine rings is 1. The molecule has 0 aliphatic carbocycles. The van der Waals surface area contributed by atoms with E-state index >= 15 is 0 Å². The normalized spacial score (nSPS) is 14.2. The summed E-state index contributed by atoms with van der Waals surface area (Å²) in [4.78, 5) is 15.5. The molecule has 1 saturated heterocycles. The Labute approximate surface area is 229 Å². The molecule has 3 aromatic carbocycles. The molecule has 0 spiro atoms. The van der Waals surface area contributed by atoms with Crippen molar-refractivity contribution < 1.29 is 22.7 Å². The van der Waals surface area contributed by atoms with E-state index in [2.05, 4.69) is 22.3 Å². The highest BCUT2D eigenvalue weighted by Gasteiger charge is 2.29. The molecule has 1 heterocycles. The van der Waals surface area contributed by atoms with Gasteiger partial charge in [-0.05, 0) is 48.4 Å². The Morgan fingerprint density at radius 3 is 2.47 bits per heavy atom. The van der Waals surface area contributed by atoms with Crippen LogP contribution in [-0.2, 0) is 32.6 Å². The van der Waals surface area contributed by atoms with E-state index in [4.69, 9.17) is 21.1 Å². The van der Waals surface area contributed by atoms with Crippen LogP contribution in [0.3, 0.4) is 0 Å². The Bertz CT molecular complexity index is 1360. The maximum Gasteiger partial charge on any atom is 0.264 e. The number of ether oxygens (including phenoxy) is 2. The molecular weight excluding hydrogens is 526 g/mol. The summed E-state index contributed by atoms with van der Waals surface area (Å²) >= 11 is 6.21. The van der Waals surface area contributed by atoms with Gasteiger partial charge in [-0.1, -0.05) is 53.6 Å². The van der Waals surface area contributed by atoms with E-state index in [9.17, 15) is 13.2 Å². The molecule has 4 rings (SSSR count). The van der Waals surface area contributed by atoms with Gasteiger partial charge in [0.25, 0.3) is 10.0 Å². The van der Waals surface area contributed by atoms with E-state index in [1.165, 1.54) is 25.3 Å². The molecule has 1 amide bonds. The van der Waals surface area contributed by atoms with Crippen LogP contribution < -0.4 is 14.4 Å². The highest BCUT2D eigenvalue weighted by Crippen LogP contribution is 2.34. The molecule has 1 aliphatic heterocycles. The molecule has 1 fully saturated rings. The predicted octanol–water partition coefficient (Wildman–Crippen LogP) is 4.00. The van der Waals surface area contributed by atoms with Crippen molar-refractivity contribution in [1.82, 2.24) is 10.2 Å². The van der Waals surface area contributed by atoms with E-state index in [1.807, 2.05) is 19.1 Å². The summed E-state index contributed by atoms with van der Waals surface area (Å²) in [5, 5.41) is 3.18. The topological polar surface area (TPSA) is 88.2 Å². The number of nitrogens with one attached hydrogen (secondary N) is 1. The van der Waals surface area contributed by atoms with Crippen molar-refractivity contribution in [2.24, 2.45) is 0 Å². The fraction of sp³-hybridized carbons (Fsp3) is 0.321. The zero-order chi connectivity index (χ0) is 27.1. The first-order chi connectivity index (χ1) is 18.3. The Morgan fingerprint density at radius 2 is 1.76 bits per heavy atom. The quantitative estimate of drug-likeness (QED) is 0.405. The van der Waals surface area contributed by atoms with Gasteiger partial charge in [-0.15, -0.1) is 0 Å². The lowest BCUT2D eigenvalue weighted by molar-refractivity contribution is -0.119. The Kier molecular flexibility index (Phi) is 9.27. The molecule has 8 nitrogen and oxygen atoms in total. The number of anilines is 1. The van der Waals surface area contributed by atoms with Gasteiger partial charge >= 0.3 is 0 Å². The van der Waals surface area contributed by atoms with Gasteiger partial charge in [0.15, 0.2) is 0 Å². The van der Waals surface area contributed by atoms with Crippen LogP contribution in [0, 0.1) is 6.92 Å². The summed E-state index contributed by atoms with van der Waals surface area (Å²) in [6, 6.07) is 19.1. The molecule has 0 saturated carbocycles. The first-order valence-electron chi connectivity index (χ1n) is 12.3. The fourth-order valence-electron chi connectivity index (χ4n) is 4.24. The van der Waals surface area contributed by atoms with Crippen molar-refractivity contribution >= 4 is 33.2 Å². The van der Waals surface area contributed by atoms with Crippen LogP contribution in [0.5, 0.6) is 5.75 Å². The smallest absolute Gasteiger partial charge is 0.264 e. The second-order valence-electron chi connectivity index (χ2n) is 9.13. The molecule has 3 aromatic rings. The molecule has 0 bridgehead atoms. The Hall–Kier alpha value is -3.11. The standard InChI is InChI=1S/C28H32ClN3O5S/c1-21-6-9-25(10-7-21)38(34,35)32(26-17-24(29)8-11-27(26)36-2)20-28(33)30-18-22-4-3-5-23(16-22)19-31-12-14-37-15-13-31/h3-11,16-17H,12-15,18-20H2,1-2H3,(H,30,33). The maximum atomic E-state index is 13.7. The summed E-state index contributed by atoms with van der Waals surface area (Å²) in [6.07, 6.45) is 0. The number of nitrogens with zero attached hydrogens (tertiary/aromatic N) is 2. The lowest BCUT2D eigenvalue weighted by atomic mass is 10.1. The van der Waals surface area contributed by atoms with Gasteiger partial charge in [0.2, 0.25) is 5.91 Å². The van der Waals surface area contributed by atoms with E-state index < -0.39 is 22.5 Å². The molecule has 0 aromatic heterocycles. The first-order valence-corrected chi connectivity index (χ1v) is 14.2. The molecule has 0 atom stereocenters. The summed E-state index contributed by atoms with van der Waals surface area (Å²) in [5.74, 6) is -0.171. The SMILES string of the molecule is COc1ccc(Cl)cc1N(CC(=O)NCc1cccc(CN2CCOCC2)c1)S(=O)(=O)c1ccc(C)cc1. The zero-order valence-electron chi connectivity index (χ0n) is 21.5. The van der Waals surface area contributed by atoms with E-state index in [-0.39, 0.29) is 22.9 Å². The van der Waals surface area contributed by atoms with Crippen LogP contribution in [0.4, 0.5) is 5.69 Å². The minimum absolute atomic E-state index is 0.0637. The lowest BCUT2D eigenvalue weighted by Gasteiger charge is -2.26. The predicted molar refractivity (Wildman–Crippen MR) is 148 cm³/mol. The highest BCUT2D eigenvalue weighted by atomic mass is 35.5. The third-order valence-corrected chi connectivity index (χ3v) is 8.31. The van der Waals surface area contributed by atoms with Gasteiger partial charge in [0, 0.05) is 31.2 Å². The maximum absolute atomic E-state index is 13.7. The lowest BCUT2D eigenvalue weighted by Crippen LogP contribution is -2.41. The number of benzene rings is 3. The number of methoxy groups -OCH3 is 1. The van der Waals surface area contributed by atoms with Gasteiger partial charge < -0.3 is 14.8 Å². The van der Waals surface area contributed by atoms with E-state index in [1.54, 1.807) is 24.3 Å². The van der Waals surface area contributed by atoms with Crippen molar-refractivity contribution in [3.05, 3.63) is 88.4 Å². The third kappa shape index (κ3) is 7.05. The van der Waals surface area contributed by atoms with Crippen LogP contribution in [0.2, 0.25) is 5.02 Å². The number of hydrogen-bond donors (Lipinski definition) is 1. The highest BCUT2D eigenvalue weighted by molar-refractivity contribution is 7.92. The van der Waals surface area contributed by atoms with Crippen molar-refractivity contribution in [3.63, 3.8) is 0 Å². The van der Waals surface area contributed by atoms with E-state index in [0.717, 1.165) is 53.8 Å². The van der Waals surface area contributed by atoms with Crippen molar-refractivity contribution in [2.45, 2.75) is 24.9 Å². The fourth-order valence-corrected chi connectivity index (χ4v) is 5.83. The number of carbonyl (C=O) groups is 1. The van der Waals surface area contributed by atoms with Gasteiger partial charge in [0.1, 0.15) is 12.3 Å². The molecule has 0 radical (unpaired) electrons. The van der Waals surface area contributed by atoms with Crippen LogP contribution >= 0.6 is 11.6 Å². The van der Waals surface area contributed by atoms with Crippen molar-refractivity contribution in [2.75, 3.05) is 44.3 Å². The molecular formula is C28H32ClN3O5S. The summed E-state index contributed by atoms with van der Waals surface area (Å²) in [6.45, 7) is 5.74. The Balaban J connectivity index is 1.52. The van der Waals surface area contributed by atoms with Crippen LogP contribution in [-0.4, -0.2) is 59.2 Å². The number of carbonyl (C=O) groups excluding carboxylic acids is 1. The molecule has 0 unspecified atom stereocenters. The molecule has 38 heavy (non-hydrogen) atoms. The van der Waals surface area contributed by atoms with Gasteiger partial charge in [-0.25, -0.2) is 8.42 Å². The van der Waals surface area contributed by atoms with E-state index in [0.29, 0.717) is 5.02 Å². The number of rotatable bonds is 10. The molecule has 10 heteroatoms. The van der Waals surface area contributed by atoms with Crippen LogP contribution in [0.1, 0.15) is 16.7 Å². The number of halogens is 1. The van der Waals surface area contributed by atoms with Gasteiger partial charge in [-0.3, -0.25) is 14.0 Å². The van der Waals surface area contributed by atoms with Crippen LogP contribution in [0.25, 0.3) is 0 Å². The molecule has 1 aliphatic rings. The van der Waals surface area contributed by atoms with Crippen molar-refractivity contribution in [1.29, 1.82) is 0 Å². The second kappa shape index (κ2) is 12.6. The average molecular weight is 558 g/mol. The number of sulfonamides is 1. The Morgan fingerprint density at radius 1 is 1.05 bits per heavy atom. The second-order valence-corrected chi connectivity index (χ2v) is 11.4. The summed E-state index contributed by atoms with van der Waals surface area (Å²) < 4.78 is 39.3.